The van der Waals surface area contributed by atoms with Gasteiger partial charge in [0.15, 0.2) is 0 Å². The maximum atomic E-state index is 9.71. The molecule has 0 bridgehead atoms. The molecule has 0 aromatic heterocycles. The van der Waals surface area contributed by atoms with Gasteiger partial charge in [0.05, 0.1) is 5.60 Å². The topological polar surface area (TPSA) is 20.2 Å². The smallest absolute Gasteiger partial charge is 0.0624 e. The molecule has 1 atom stereocenters. The van der Waals surface area contributed by atoms with E-state index in [9.17, 15) is 5.11 Å². The first-order chi connectivity index (χ1) is 4.41. The minimum atomic E-state index is -0.387. The lowest BCUT2D eigenvalue weighted by Crippen LogP contribution is -2.35. The molecule has 1 N–H and O–H groups in total. The highest BCUT2D eigenvalue weighted by molar-refractivity contribution is 4.86. The van der Waals surface area contributed by atoms with Crippen molar-refractivity contribution in [3.8, 4) is 0 Å². The monoisotopic (exact) mass is 142 g/mol. The summed E-state index contributed by atoms with van der Waals surface area (Å²) < 4.78 is 0. The van der Waals surface area contributed by atoms with E-state index in [1.807, 2.05) is 6.92 Å². The zero-order chi connectivity index (χ0) is 7.83. The molecule has 0 saturated heterocycles. The summed E-state index contributed by atoms with van der Waals surface area (Å²) in [5.41, 5.74) is -0.0243. The lowest BCUT2D eigenvalue weighted by Gasteiger charge is -2.39. The van der Waals surface area contributed by atoms with E-state index in [-0.39, 0.29) is 5.60 Å². The summed E-state index contributed by atoms with van der Waals surface area (Å²) in [5.74, 6) is 0. The summed E-state index contributed by atoms with van der Waals surface area (Å²) >= 11 is 0. The molecule has 0 aromatic rings. The average Bonchev–Trinajstić information content (AvgIpc) is 1.56. The van der Waals surface area contributed by atoms with Crippen molar-refractivity contribution >= 4 is 0 Å². The van der Waals surface area contributed by atoms with Crippen LogP contribution in [0.15, 0.2) is 0 Å². The van der Waals surface area contributed by atoms with Crippen LogP contribution in [-0.2, 0) is 0 Å². The van der Waals surface area contributed by atoms with E-state index in [2.05, 4.69) is 13.8 Å². The lowest BCUT2D eigenvalue weighted by atomic mass is 9.71. The number of aliphatic hydroxyl groups is 1. The minimum Gasteiger partial charge on any atom is -0.390 e. The van der Waals surface area contributed by atoms with Crippen molar-refractivity contribution in [2.24, 2.45) is 5.41 Å². The van der Waals surface area contributed by atoms with Crippen LogP contribution in [0.4, 0.5) is 0 Å². The van der Waals surface area contributed by atoms with Gasteiger partial charge in [-0.25, -0.2) is 0 Å². The summed E-state index contributed by atoms with van der Waals surface area (Å²) in [6.45, 7) is 6.43. The molecule has 1 nitrogen and oxygen atoms in total. The van der Waals surface area contributed by atoms with Crippen LogP contribution in [-0.4, -0.2) is 10.7 Å². The highest BCUT2D eigenvalue weighted by Gasteiger charge is 2.34. The molecule has 0 amide bonds. The van der Waals surface area contributed by atoms with Crippen LogP contribution in [0.2, 0.25) is 0 Å². The van der Waals surface area contributed by atoms with Crippen LogP contribution in [0.3, 0.4) is 0 Å². The van der Waals surface area contributed by atoms with Crippen molar-refractivity contribution in [1.82, 2.24) is 0 Å². The Hall–Kier alpha value is -0.0400. The standard InChI is InChI=1S/C9H18O/c1-8(2)5-4-6-9(3,10)7-8/h10H,4-7H2,1-3H3. The zero-order valence-electron chi connectivity index (χ0n) is 7.28. The Bertz CT molecular complexity index is 111. The van der Waals surface area contributed by atoms with Gasteiger partial charge < -0.3 is 5.11 Å². The predicted molar refractivity (Wildman–Crippen MR) is 42.9 cm³/mol. The molecule has 1 unspecified atom stereocenters. The second-order valence-electron chi connectivity index (χ2n) is 4.69. The third-order valence-electron chi connectivity index (χ3n) is 2.43. The molecule has 0 aromatic carbocycles. The molecule has 1 aliphatic rings. The Morgan fingerprint density at radius 3 is 2.00 bits per heavy atom. The number of hydrogen-bond acceptors (Lipinski definition) is 1. The van der Waals surface area contributed by atoms with Crippen molar-refractivity contribution in [2.75, 3.05) is 0 Å². The summed E-state index contributed by atoms with van der Waals surface area (Å²) in [4.78, 5) is 0. The zero-order valence-corrected chi connectivity index (χ0v) is 7.28. The molecular formula is C9H18O. The Morgan fingerprint density at radius 1 is 1.10 bits per heavy atom. The molecule has 0 aliphatic heterocycles. The fourth-order valence-corrected chi connectivity index (χ4v) is 2.16. The SMILES string of the molecule is CC1(C)CCCC(C)(O)C1. The van der Waals surface area contributed by atoms with Crippen LogP contribution in [0, 0.1) is 5.41 Å². The first kappa shape index (κ1) is 8.06. The summed E-state index contributed by atoms with van der Waals surface area (Å²) in [6.07, 6.45) is 4.39. The minimum absolute atomic E-state index is 0.363. The molecule has 1 aliphatic carbocycles. The van der Waals surface area contributed by atoms with Crippen LogP contribution >= 0.6 is 0 Å². The van der Waals surface area contributed by atoms with Crippen molar-refractivity contribution in [1.29, 1.82) is 0 Å². The normalized spacial score (nSPS) is 39.6. The Balaban J connectivity index is 2.56. The van der Waals surface area contributed by atoms with Gasteiger partial charge in [0.2, 0.25) is 0 Å². The molecule has 1 fully saturated rings. The summed E-state index contributed by atoms with van der Waals surface area (Å²) in [5, 5.41) is 9.71. The molecule has 60 valence electrons. The predicted octanol–water partition coefficient (Wildman–Crippen LogP) is 2.34. The summed E-state index contributed by atoms with van der Waals surface area (Å²) in [7, 11) is 0. The first-order valence-corrected chi connectivity index (χ1v) is 4.14. The van der Waals surface area contributed by atoms with Crippen molar-refractivity contribution in [2.45, 2.75) is 52.1 Å². The molecule has 10 heavy (non-hydrogen) atoms. The first-order valence-electron chi connectivity index (χ1n) is 4.14. The van der Waals surface area contributed by atoms with E-state index in [1.165, 1.54) is 12.8 Å². The lowest BCUT2D eigenvalue weighted by molar-refractivity contribution is -0.0231. The van der Waals surface area contributed by atoms with Gasteiger partial charge in [0, 0.05) is 0 Å². The highest BCUT2D eigenvalue weighted by Crippen LogP contribution is 2.40. The molecule has 1 saturated carbocycles. The Kier molecular flexibility index (Phi) is 1.80. The number of rotatable bonds is 0. The second kappa shape index (κ2) is 2.23. The van der Waals surface area contributed by atoms with Crippen molar-refractivity contribution in [3.63, 3.8) is 0 Å². The third kappa shape index (κ3) is 1.98. The van der Waals surface area contributed by atoms with Crippen LogP contribution < -0.4 is 0 Å². The Morgan fingerprint density at radius 2 is 1.70 bits per heavy atom. The van der Waals surface area contributed by atoms with Crippen LogP contribution in [0.1, 0.15) is 46.5 Å². The van der Waals surface area contributed by atoms with Crippen LogP contribution in [0.5, 0.6) is 0 Å². The molecule has 0 spiro atoms. The molecule has 0 heterocycles. The second-order valence-corrected chi connectivity index (χ2v) is 4.69. The summed E-state index contributed by atoms with van der Waals surface area (Å²) in [6, 6.07) is 0. The van der Waals surface area contributed by atoms with Gasteiger partial charge in [-0.05, 0) is 31.6 Å². The van der Waals surface area contributed by atoms with E-state index in [0.29, 0.717) is 5.41 Å². The van der Waals surface area contributed by atoms with Gasteiger partial charge in [-0.1, -0.05) is 20.3 Å². The third-order valence-corrected chi connectivity index (χ3v) is 2.43. The van der Waals surface area contributed by atoms with E-state index >= 15 is 0 Å². The molecule has 1 heteroatoms. The average molecular weight is 142 g/mol. The molecule has 1 rings (SSSR count). The largest absolute Gasteiger partial charge is 0.390 e. The van der Waals surface area contributed by atoms with Gasteiger partial charge in [-0.15, -0.1) is 0 Å². The fraction of sp³-hybridized carbons (Fsp3) is 1.00. The van der Waals surface area contributed by atoms with E-state index in [4.69, 9.17) is 0 Å². The number of hydrogen-bond donors (Lipinski definition) is 1. The molecular weight excluding hydrogens is 124 g/mol. The van der Waals surface area contributed by atoms with Crippen molar-refractivity contribution < 1.29 is 5.11 Å². The van der Waals surface area contributed by atoms with Gasteiger partial charge in [0.1, 0.15) is 0 Å². The van der Waals surface area contributed by atoms with E-state index in [1.54, 1.807) is 0 Å². The van der Waals surface area contributed by atoms with Gasteiger partial charge >= 0.3 is 0 Å². The fourth-order valence-electron chi connectivity index (χ4n) is 2.16. The molecule has 0 radical (unpaired) electrons. The van der Waals surface area contributed by atoms with Gasteiger partial charge in [0.25, 0.3) is 0 Å². The van der Waals surface area contributed by atoms with Crippen LogP contribution in [0.25, 0.3) is 0 Å². The quantitative estimate of drug-likeness (QED) is 0.550. The van der Waals surface area contributed by atoms with Crippen molar-refractivity contribution in [3.05, 3.63) is 0 Å². The maximum absolute atomic E-state index is 9.71. The van der Waals surface area contributed by atoms with E-state index in [0.717, 1.165) is 12.8 Å². The Labute approximate surface area is 63.4 Å². The highest BCUT2D eigenvalue weighted by atomic mass is 16.3. The van der Waals surface area contributed by atoms with Gasteiger partial charge in [-0.3, -0.25) is 0 Å². The van der Waals surface area contributed by atoms with E-state index < -0.39 is 0 Å². The maximum Gasteiger partial charge on any atom is 0.0624 e. The van der Waals surface area contributed by atoms with Gasteiger partial charge in [-0.2, -0.15) is 0 Å².